The van der Waals surface area contributed by atoms with Gasteiger partial charge in [-0.3, -0.25) is 10.8 Å². The second-order valence-corrected chi connectivity index (χ2v) is 4.98. The van der Waals surface area contributed by atoms with Crippen molar-refractivity contribution in [2.75, 3.05) is 6.61 Å². The lowest BCUT2D eigenvalue weighted by Crippen LogP contribution is -2.29. The van der Waals surface area contributed by atoms with E-state index in [4.69, 9.17) is 22.2 Å². The predicted molar refractivity (Wildman–Crippen MR) is 80.6 cm³/mol. The van der Waals surface area contributed by atoms with Crippen molar-refractivity contribution >= 4 is 11.6 Å². The highest BCUT2D eigenvalue weighted by molar-refractivity contribution is 6.30. The molecule has 0 aliphatic carbocycles. The number of aromatic nitrogens is 1. The molecule has 0 aliphatic rings. The molecule has 112 valence electrons. The van der Waals surface area contributed by atoms with E-state index in [1.165, 1.54) is 12.1 Å². The Kier molecular flexibility index (Phi) is 5.50. The van der Waals surface area contributed by atoms with Gasteiger partial charge in [-0.2, -0.15) is 0 Å². The molecule has 1 heterocycles. The summed E-state index contributed by atoms with van der Waals surface area (Å²) in [5.74, 6) is 5.77. The summed E-state index contributed by atoms with van der Waals surface area (Å²) >= 11 is 5.70. The van der Waals surface area contributed by atoms with E-state index in [0.717, 1.165) is 12.0 Å². The van der Waals surface area contributed by atoms with Gasteiger partial charge in [-0.15, -0.1) is 0 Å². The van der Waals surface area contributed by atoms with Crippen LogP contribution in [0.25, 0.3) is 0 Å². The van der Waals surface area contributed by atoms with E-state index in [0.29, 0.717) is 17.9 Å². The molecule has 2 rings (SSSR count). The number of pyridine rings is 1. The SMILES string of the molecule is CCCOc1cncc(C(NN)c2ccc(Cl)c(F)c2)c1. The van der Waals surface area contributed by atoms with Crippen molar-refractivity contribution in [3.63, 3.8) is 0 Å². The fourth-order valence-corrected chi connectivity index (χ4v) is 2.09. The Bertz CT molecular complexity index is 609. The third-order valence-electron chi connectivity index (χ3n) is 2.98. The Morgan fingerprint density at radius 3 is 2.81 bits per heavy atom. The van der Waals surface area contributed by atoms with E-state index < -0.39 is 11.9 Å². The van der Waals surface area contributed by atoms with Crippen LogP contribution < -0.4 is 16.0 Å². The Morgan fingerprint density at radius 1 is 1.33 bits per heavy atom. The highest BCUT2D eigenvalue weighted by Crippen LogP contribution is 2.26. The zero-order valence-corrected chi connectivity index (χ0v) is 12.4. The van der Waals surface area contributed by atoms with Crippen LogP contribution in [0.3, 0.4) is 0 Å². The van der Waals surface area contributed by atoms with Crippen LogP contribution in [0.5, 0.6) is 5.75 Å². The molecular formula is C15H17ClFN3O. The first-order chi connectivity index (χ1) is 10.2. The van der Waals surface area contributed by atoms with Gasteiger partial charge in [0.2, 0.25) is 0 Å². The Labute approximate surface area is 128 Å². The molecular weight excluding hydrogens is 293 g/mol. The molecule has 3 N–H and O–H groups in total. The maximum absolute atomic E-state index is 13.6. The van der Waals surface area contributed by atoms with Gasteiger partial charge in [0, 0.05) is 6.20 Å². The second kappa shape index (κ2) is 7.36. The summed E-state index contributed by atoms with van der Waals surface area (Å²) in [6.07, 6.45) is 4.20. The number of hydrogen-bond donors (Lipinski definition) is 2. The van der Waals surface area contributed by atoms with Gasteiger partial charge < -0.3 is 4.74 Å². The third kappa shape index (κ3) is 3.91. The van der Waals surface area contributed by atoms with E-state index in [1.807, 2.05) is 13.0 Å². The second-order valence-electron chi connectivity index (χ2n) is 4.58. The minimum atomic E-state index is -0.485. The van der Waals surface area contributed by atoms with Gasteiger partial charge in [0.1, 0.15) is 11.6 Å². The zero-order valence-electron chi connectivity index (χ0n) is 11.6. The number of hydrogen-bond acceptors (Lipinski definition) is 4. The lowest BCUT2D eigenvalue weighted by molar-refractivity contribution is 0.315. The third-order valence-corrected chi connectivity index (χ3v) is 3.29. The molecule has 0 saturated carbocycles. The molecule has 21 heavy (non-hydrogen) atoms. The smallest absolute Gasteiger partial charge is 0.142 e. The zero-order chi connectivity index (χ0) is 15.2. The van der Waals surface area contributed by atoms with Gasteiger partial charge >= 0.3 is 0 Å². The summed E-state index contributed by atoms with van der Waals surface area (Å²) in [7, 11) is 0. The molecule has 0 amide bonds. The first-order valence-corrected chi connectivity index (χ1v) is 7.02. The number of ether oxygens (including phenoxy) is 1. The summed E-state index contributed by atoms with van der Waals surface area (Å²) in [5.41, 5.74) is 4.11. The van der Waals surface area contributed by atoms with Crippen LogP contribution >= 0.6 is 11.6 Å². The van der Waals surface area contributed by atoms with E-state index in [2.05, 4.69) is 10.4 Å². The molecule has 1 atom stereocenters. The monoisotopic (exact) mass is 309 g/mol. The molecule has 0 radical (unpaired) electrons. The fourth-order valence-electron chi connectivity index (χ4n) is 1.97. The molecule has 0 bridgehead atoms. The van der Waals surface area contributed by atoms with E-state index in [1.54, 1.807) is 18.5 Å². The van der Waals surface area contributed by atoms with Crippen molar-refractivity contribution in [2.45, 2.75) is 19.4 Å². The normalized spacial score (nSPS) is 12.2. The molecule has 0 aliphatic heterocycles. The minimum Gasteiger partial charge on any atom is -0.492 e. The maximum atomic E-state index is 13.6. The van der Waals surface area contributed by atoms with Crippen LogP contribution in [-0.4, -0.2) is 11.6 Å². The molecule has 1 unspecified atom stereocenters. The summed E-state index contributed by atoms with van der Waals surface area (Å²) in [4.78, 5) is 4.13. The number of nitrogens with two attached hydrogens (primary N) is 1. The van der Waals surface area contributed by atoms with Crippen LogP contribution in [0, 0.1) is 5.82 Å². The van der Waals surface area contributed by atoms with E-state index in [9.17, 15) is 4.39 Å². The van der Waals surface area contributed by atoms with Crippen molar-refractivity contribution < 1.29 is 9.13 Å². The van der Waals surface area contributed by atoms with Gasteiger partial charge in [0.05, 0.1) is 23.9 Å². The maximum Gasteiger partial charge on any atom is 0.142 e. The van der Waals surface area contributed by atoms with Crippen LogP contribution in [0.4, 0.5) is 4.39 Å². The average Bonchev–Trinajstić information content (AvgIpc) is 2.50. The molecule has 4 nitrogen and oxygen atoms in total. The van der Waals surface area contributed by atoms with Gasteiger partial charge in [0.25, 0.3) is 0 Å². The van der Waals surface area contributed by atoms with E-state index in [-0.39, 0.29) is 5.02 Å². The number of benzene rings is 1. The first-order valence-electron chi connectivity index (χ1n) is 6.64. The fraction of sp³-hybridized carbons (Fsp3) is 0.267. The lowest BCUT2D eigenvalue weighted by atomic mass is 10.0. The Morgan fingerprint density at radius 2 is 2.14 bits per heavy atom. The summed E-state index contributed by atoms with van der Waals surface area (Å²) < 4.78 is 19.1. The molecule has 0 spiro atoms. The summed E-state index contributed by atoms with van der Waals surface area (Å²) in [6.45, 7) is 2.64. The average molecular weight is 310 g/mol. The minimum absolute atomic E-state index is 0.0766. The van der Waals surface area contributed by atoms with Gasteiger partial charge in [-0.1, -0.05) is 24.6 Å². The lowest BCUT2D eigenvalue weighted by Gasteiger charge is -2.17. The Hall–Kier alpha value is -1.69. The van der Waals surface area contributed by atoms with Crippen molar-refractivity contribution in [2.24, 2.45) is 5.84 Å². The standard InChI is InChI=1S/C15H17ClFN3O/c1-2-5-21-12-6-11(8-19-9-12)15(20-18)10-3-4-13(16)14(17)7-10/h3-4,6-9,15,20H,2,5,18H2,1H3. The highest BCUT2D eigenvalue weighted by atomic mass is 35.5. The van der Waals surface area contributed by atoms with Gasteiger partial charge in [0.15, 0.2) is 0 Å². The molecule has 1 aromatic carbocycles. The number of halogens is 2. The molecule has 2 aromatic rings. The largest absolute Gasteiger partial charge is 0.492 e. The summed E-state index contributed by atoms with van der Waals surface area (Å²) in [5, 5.41) is 0.0766. The van der Waals surface area contributed by atoms with E-state index >= 15 is 0 Å². The van der Waals surface area contributed by atoms with Crippen LogP contribution in [0.2, 0.25) is 5.02 Å². The van der Waals surface area contributed by atoms with Crippen molar-refractivity contribution in [1.29, 1.82) is 0 Å². The quantitative estimate of drug-likeness (QED) is 0.635. The van der Waals surface area contributed by atoms with Crippen LogP contribution in [0.1, 0.15) is 30.5 Å². The number of nitrogens with one attached hydrogen (secondary N) is 1. The molecule has 0 fully saturated rings. The molecule has 1 aromatic heterocycles. The highest BCUT2D eigenvalue weighted by Gasteiger charge is 2.15. The van der Waals surface area contributed by atoms with Gasteiger partial charge in [-0.05, 0) is 35.7 Å². The van der Waals surface area contributed by atoms with Crippen molar-refractivity contribution in [3.8, 4) is 5.75 Å². The number of hydrazine groups is 1. The molecule has 6 heteroatoms. The van der Waals surface area contributed by atoms with Gasteiger partial charge in [-0.25, -0.2) is 9.82 Å². The van der Waals surface area contributed by atoms with Crippen LogP contribution in [-0.2, 0) is 0 Å². The van der Waals surface area contributed by atoms with Crippen LogP contribution in [0.15, 0.2) is 36.7 Å². The molecule has 0 saturated heterocycles. The van der Waals surface area contributed by atoms with Crippen molar-refractivity contribution in [3.05, 3.63) is 58.6 Å². The first kappa shape index (κ1) is 15.7. The number of rotatable bonds is 6. The Balaban J connectivity index is 2.30. The number of nitrogens with zero attached hydrogens (tertiary/aromatic N) is 1. The predicted octanol–water partition coefficient (Wildman–Crippen LogP) is 3.22. The topological polar surface area (TPSA) is 60.2 Å². The van der Waals surface area contributed by atoms with Crippen molar-refractivity contribution in [1.82, 2.24) is 10.4 Å². The summed E-state index contributed by atoms with van der Waals surface area (Å²) in [6, 6.07) is 6.01.